The van der Waals surface area contributed by atoms with Crippen molar-refractivity contribution in [1.29, 1.82) is 0 Å². The summed E-state index contributed by atoms with van der Waals surface area (Å²) in [6.45, 7) is 12.6. The number of hydrogen-bond acceptors (Lipinski definition) is 14. The molecule has 19 nitrogen and oxygen atoms in total. The number of nitrogens with zero attached hydrogens (tertiary/aromatic N) is 7. The minimum Gasteiger partial charge on any atom is -0.508 e. The highest BCUT2D eigenvalue weighted by Crippen LogP contribution is 2.40. The van der Waals surface area contributed by atoms with Crippen LogP contribution in [0, 0.1) is 0 Å². The largest absolute Gasteiger partial charge is 0.508 e. The SMILES string of the molecule is CC.CCNC(=O)c1nnc(-c2cc(C(C)C)ccc2O)n1-c1ccc(OC2CCN(C(=O)CN(C)C(=O)OC3C(=O)OCc4c3cc3n(c4=O)Cc4c-3nc3ccc(O)cc3c4CC)CC2)cc1.CO. The zero-order chi connectivity index (χ0) is 51.3. The zero-order valence-electron chi connectivity index (χ0n) is 41.2. The van der Waals surface area contributed by atoms with Crippen LogP contribution in [0.4, 0.5) is 4.79 Å². The summed E-state index contributed by atoms with van der Waals surface area (Å²) in [6.07, 6.45) is -1.04. The van der Waals surface area contributed by atoms with Gasteiger partial charge in [-0.2, -0.15) is 0 Å². The number of hydrogen-bond donors (Lipinski definition) is 4. The maximum atomic E-state index is 13.9. The number of pyridine rings is 2. The lowest BCUT2D eigenvalue weighted by Crippen LogP contribution is -2.47. The summed E-state index contributed by atoms with van der Waals surface area (Å²) in [5.74, 6) is -0.335. The van der Waals surface area contributed by atoms with Crippen LogP contribution in [0.3, 0.4) is 0 Å². The Morgan fingerprint density at radius 3 is 2.32 bits per heavy atom. The number of phenols is 2. The first-order valence-electron chi connectivity index (χ1n) is 23.8. The Morgan fingerprint density at radius 1 is 0.930 bits per heavy atom. The van der Waals surface area contributed by atoms with Gasteiger partial charge in [0, 0.05) is 68.8 Å². The number of fused-ring (bicyclic) bond motifs is 5. The van der Waals surface area contributed by atoms with Crippen LogP contribution in [0.25, 0.3) is 39.4 Å². The Bertz CT molecular complexity index is 3030. The number of aromatic hydroxyl groups is 2. The average molecular weight is 973 g/mol. The second-order valence-corrected chi connectivity index (χ2v) is 17.2. The van der Waals surface area contributed by atoms with E-state index in [0.717, 1.165) is 34.1 Å². The Hall–Kier alpha value is -7.80. The molecule has 4 N–H and O–H groups in total. The van der Waals surface area contributed by atoms with Gasteiger partial charge in [0.15, 0.2) is 5.82 Å². The first-order valence-corrected chi connectivity index (χ1v) is 23.8. The number of aliphatic hydroxyl groups is 1. The third kappa shape index (κ3) is 10.1. The van der Waals surface area contributed by atoms with Crippen molar-refractivity contribution in [2.75, 3.05) is 40.3 Å². The van der Waals surface area contributed by atoms with E-state index in [4.69, 9.17) is 24.3 Å². The van der Waals surface area contributed by atoms with Crippen LogP contribution in [0.15, 0.2) is 71.5 Å². The minimum atomic E-state index is -1.54. The molecule has 1 saturated heterocycles. The number of cyclic esters (lactones) is 1. The van der Waals surface area contributed by atoms with Crippen LogP contribution in [0.5, 0.6) is 17.2 Å². The van der Waals surface area contributed by atoms with E-state index in [-0.39, 0.29) is 71.6 Å². The third-order valence-corrected chi connectivity index (χ3v) is 12.6. The molecule has 3 aromatic carbocycles. The average Bonchev–Trinajstić information content (AvgIpc) is 3.98. The monoisotopic (exact) mass is 972 g/mol. The first-order chi connectivity index (χ1) is 34.2. The standard InChI is InChI=1S/C49H50N8O10.C2H6.CH4O/c1-6-32-33-21-29(58)11-14-38(33)51-42-36(32)23-56-39(42)22-34-37(47(56)62)25-65-48(63)43(34)67-49(64)54(5)24-41(60)55-18-16-31(17-19-55)66-30-12-9-28(10-13-30)57-44(52-53-45(57)46(61)50-7-2)35-20-27(26(3)4)8-15-40(35)59;2*1-2/h8-15,20-22,26,31,43,58-59H,6-7,16-19,23-25H2,1-5H3,(H,50,61);1-2H3;2H,1H3. The lowest BCUT2D eigenvalue weighted by atomic mass is 9.97. The van der Waals surface area contributed by atoms with Crippen molar-refractivity contribution in [2.24, 2.45) is 0 Å². The molecule has 6 aromatic rings. The van der Waals surface area contributed by atoms with Gasteiger partial charge in [0.05, 0.1) is 34.6 Å². The fraction of sp³-hybridized carbons (Fsp3) is 0.385. The molecule has 374 valence electrons. The van der Waals surface area contributed by atoms with Crippen molar-refractivity contribution in [3.63, 3.8) is 0 Å². The van der Waals surface area contributed by atoms with Gasteiger partial charge in [-0.25, -0.2) is 14.6 Å². The predicted molar refractivity (Wildman–Crippen MR) is 264 cm³/mol. The smallest absolute Gasteiger partial charge is 0.411 e. The molecule has 0 radical (unpaired) electrons. The Morgan fingerprint density at radius 2 is 1.65 bits per heavy atom. The number of likely N-dealkylation sites (tertiary alicyclic amines) is 1. The summed E-state index contributed by atoms with van der Waals surface area (Å²) in [6, 6.07) is 19.0. The van der Waals surface area contributed by atoms with Gasteiger partial charge in [-0.15, -0.1) is 10.2 Å². The van der Waals surface area contributed by atoms with Crippen molar-refractivity contribution < 1.29 is 48.7 Å². The molecular formula is C52H60N8O11. The predicted octanol–water partition coefficient (Wildman–Crippen LogP) is 6.39. The number of aryl methyl sites for hydroxylation is 1. The van der Waals surface area contributed by atoms with E-state index in [1.54, 1.807) is 68.6 Å². The second kappa shape index (κ2) is 21.9. The number of ether oxygens (including phenoxy) is 3. The van der Waals surface area contributed by atoms with Gasteiger partial charge in [-0.05, 0) is 91.1 Å². The van der Waals surface area contributed by atoms with Crippen LogP contribution >= 0.6 is 0 Å². The highest BCUT2D eigenvalue weighted by atomic mass is 16.6. The molecule has 3 aromatic heterocycles. The fourth-order valence-corrected chi connectivity index (χ4v) is 9.03. The molecule has 0 saturated carbocycles. The van der Waals surface area contributed by atoms with Crippen LogP contribution < -0.4 is 15.6 Å². The summed E-state index contributed by atoms with van der Waals surface area (Å²) >= 11 is 0. The topological polar surface area (TPSA) is 241 Å². The second-order valence-electron chi connectivity index (χ2n) is 17.2. The number of piperidine rings is 1. The molecule has 1 fully saturated rings. The number of nitrogens with one attached hydrogen (secondary N) is 1. The van der Waals surface area contributed by atoms with E-state index in [9.17, 15) is 34.2 Å². The number of aliphatic hydroxyl groups excluding tert-OH is 1. The lowest BCUT2D eigenvalue weighted by molar-refractivity contribution is -0.158. The molecule has 6 heterocycles. The van der Waals surface area contributed by atoms with Gasteiger partial charge in [0.2, 0.25) is 17.8 Å². The molecule has 1 atom stereocenters. The maximum absolute atomic E-state index is 13.9. The van der Waals surface area contributed by atoms with Gasteiger partial charge in [0.1, 0.15) is 36.5 Å². The van der Waals surface area contributed by atoms with Crippen molar-refractivity contribution in [3.05, 3.63) is 111 Å². The molecule has 0 bridgehead atoms. The Kier molecular flexibility index (Phi) is 15.7. The number of benzene rings is 3. The summed E-state index contributed by atoms with van der Waals surface area (Å²) in [4.78, 5) is 74.7. The van der Waals surface area contributed by atoms with Crippen molar-refractivity contribution in [1.82, 2.24) is 39.4 Å². The summed E-state index contributed by atoms with van der Waals surface area (Å²) in [7, 11) is 2.40. The van der Waals surface area contributed by atoms with Crippen molar-refractivity contribution in [2.45, 2.75) is 92.1 Å². The van der Waals surface area contributed by atoms with Gasteiger partial charge < -0.3 is 49.2 Å². The zero-order valence-corrected chi connectivity index (χ0v) is 41.2. The number of esters is 1. The summed E-state index contributed by atoms with van der Waals surface area (Å²) < 4.78 is 20.5. The van der Waals surface area contributed by atoms with E-state index in [2.05, 4.69) is 15.5 Å². The molecule has 1 unspecified atom stereocenters. The number of amides is 3. The maximum Gasteiger partial charge on any atom is 0.411 e. The van der Waals surface area contributed by atoms with Crippen molar-refractivity contribution in [3.8, 4) is 45.7 Å². The molecular weight excluding hydrogens is 913 g/mol. The van der Waals surface area contributed by atoms with Gasteiger partial charge >= 0.3 is 12.1 Å². The number of rotatable bonds is 11. The molecule has 0 aliphatic carbocycles. The van der Waals surface area contributed by atoms with Gasteiger partial charge in [-0.3, -0.25) is 19.0 Å². The van der Waals surface area contributed by atoms with E-state index in [1.807, 2.05) is 53.7 Å². The van der Waals surface area contributed by atoms with Crippen molar-refractivity contribution >= 4 is 34.8 Å². The number of phenolic OH excluding ortho intramolecular Hbond substituents is 2. The normalized spacial score (nSPS) is 14.8. The minimum absolute atomic E-state index is 0.00477. The Balaban J connectivity index is 0.00000181. The summed E-state index contributed by atoms with van der Waals surface area (Å²) in [5, 5.41) is 40.1. The lowest BCUT2D eigenvalue weighted by Gasteiger charge is -2.33. The van der Waals surface area contributed by atoms with Gasteiger partial charge in [0.25, 0.3) is 11.5 Å². The van der Waals surface area contributed by atoms with Gasteiger partial charge in [-0.1, -0.05) is 40.7 Å². The Labute approximate surface area is 410 Å². The molecule has 3 amide bonds. The summed E-state index contributed by atoms with van der Waals surface area (Å²) in [5.41, 5.74) is 5.49. The van der Waals surface area contributed by atoms with Crippen LogP contribution in [0.2, 0.25) is 0 Å². The molecule has 9 rings (SSSR count). The quantitative estimate of drug-likeness (QED) is 0.103. The fourth-order valence-electron chi connectivity index (χ4n) is 9.03. The first kappa shape index (κ1) is 51.1. The molecule has 3 aliphatic rings. The third-order valence-electron chi connectivity index (χ3n) is 12.6. The van der Waals surface area contributed by atoms with E-state index in [1.165, 1.54) is 7.05 Å². The van der Waals surface area contributed by atoms with E-state index >= 15 is 0 Å². The number of carbonyl (C=O) groups is 4. The van der Waals surface area contributed by atoms with E-state index < -0.39 is 24.1 Å². The number of aromatic nitrogens is 5. The highest BCUT2D eigenvalue weighted by molar-refractivity contribution is 5.92. The highest BCUT2D eigenvalue weighted by Gasteiger charge is 2.39. The molecule has 3 aliphatic heterocycles. The molecule has 19 heteroatoms. The molecule has 71 heavy (non-hydrogen) atoms. The number of carbonyl (C=O) groups excluding carboxylic acids is 4. The van der Waals surface area contributed by atoms with Crippen LogP contribution in [0.1, 0.15) is 105 Å². The van der Waals surface area contributed by atoms with Crippen LogP contribution in [-0.2, 0) is 38.6 Å². The van der Waals surface area contributed by atoms with E-state index in [0.29, 0.717) is 78.6 Å². The van der Waals surface area contributed by atoms with Crippen LogP contribution in [-0.4, -0.2) is 120 Å². The molecule has 0 spiro atoms. The number of likely N-dealkylation sites (N-methyl/N-ethyl adjacent to an activating group) is 1.